The third-order valence-electron chi connectivity index (χ3n) is 4.33. The van der Waals surface area contributed by atoms with Gasteiger partial charge < -0.3 is 0 Å². The highest BCUT2D eigenvalue weighted by atomic mass is 14.6. The normalized spacial score (nSPS) is 47.0. The summed E-state index contributed by atoms with van der Waals surface area (Å²) >= 11 is 0. The van der Waals surface area contributed by atoms with E-state index in [9.17, 15) is 0 Å². The lowest BCUT2D eigenvalue weighted by Crippen LogP contribution is -2.30. The van der Waals surface area contributed by atoms with Crippen molar-refractivity contribution < 1.29 is 0 Å². The molecule has 1 unspecified atom stereocenters. The molecule has 12 heavy (non-hydrogen) atoms. The Balaban J connectivity index is 2.27. The third-order valence-corrected chi connectivity index (χ3v) is 4.33. The molecule has 2 fully saturated rings. The van der Waals surface area contributed by atoms with Gasteiger partial charge >= 0.3 is 0 Å². The highest BCUT2D eigenvalue weighted by Gasteiger charge is 2.54. The minimum Gasteiger partial charge on any atom is -0.0599 e. The zero-order chi connectivity index (χ0) is 8.98. The first-order valence-electron chi connectivity index (χ1n) is 5.43. The molecule has 2 bridgehead atoms. The average Bonchev–Trinajstić information content (AvgIpc) is 2.37. The summed E-state index contributed by atoms with van der Waals surface area (Å²) in [5.74, 6) is 2.07. The van der Waals surface area contributed by atoms with Gasteiger partial charge in [-0.1, -0.05) is 27.7 Å². The number of fused-ring (bicyclic) bond motifs is 2. The lowest BCUT2D eigenvalue weighted by Gasteiger charge is -2.37. The monoisotopic (exact) mass is 166 g/mol. The Morgan fingerprint density at radius 1 is 1.08 bits per heavy atom. The van der Waals surface area contributed by atoms with Crippen LogP contribution in [-0.4, -0.2) is 0 Å². The van der Waals surface area contributed by atoms with E-state index in [1.807, 2.05) is 0 Å². The van der Waals surface area contributed by atoms with Crippen LogP contribution in [0.5, 0.6) is 0 Å². The van der Waals surface area contributed by atoms with Crippen LogP contribution < -0.4 is 0 Å². The van der Waals surface area contributed by atoms with Crippen LogP contribution in [0, 0.1) is 22.7 Å². The van der Waals surface area contributed by atoms with Crippen LogP contribution in [0.25, 0.3) is 0 Å². The Kier molecular flexibility index (Phi) is 1.63. The van der Waals surface area contributed by atoms with E-state index < -0.39 is 0 Å². The summed E-state index contributed by atoms with van der Waals surface area (Å²) in [6, 6.07) is 0. The molecule has 0 aromatic rings. The van der Waals surface area contributed by atoms with Gasteiger partial charge in [-0.2, -0.15) is 0 Å². The maximum absolute atomic E-state index is 2.52. The van der Waals surface area contributed by atoms with Gasteiger partial charge in [0.1, 0.15) is 0 Å². The first-order chi connectivity index (χ1) is 5.43. The van der Waals surface area contributed by atoms with E-state index >= 15 is 0 Å². The standard InChI is InChI=1S/C12H22/c1-11(2,3)10-9-5-7-12(10,4)8-6-9/h9-10H,5-8H2,1-4H3. The van der Waals surface area contributed by atoms with Gasteiger partial charge in [-0.3, -0.25) is 0 Å². The van der Waals surface area contributed by atoms with Crippen LogP contribution in [0.1, 0.15) is 53.4 Å². The lowest BCUT2D eigenvalue weighted by molar-refractivity contribution is 0.116. The second kappa shape index (κ2) is 2.27. The molecular weight excluding hydrogens is 144 g/mol. The maximum Gasteiger partial charge on any atom is -0.0283 e. The summed E-state index contributed by atoms with van der Waals surface area (Å²) in [7, 11) is 0. The van der Waals surface area contributed by atoms with Crippen LogP contribution >= 0.6 is 0 Å². The molecule has 0 nitrogen and oxygen atoms in total. The van der Waals surface area contributed by atoms with Crippen molar-refractivity contribution >= 4 is 0 Å². The largest absolute Gasteiger partial charge is 0.0599 e. The van der Waals surface area contributed by atoms with Gasteiger partial charge in [0.25, 0.3) is 0 Å². The molecule has 0 aromatic heterocycles. The second-order valence-corrected chi connectivity index (χ2v) is 6.34. The van der Waals surface area contributed by atoms with Crippen molar-refractivity contribution in [2.45, 2.75) is 53.4 Å². The molecule has 70 valence electrons. The molecule has 1 atom stereocenters. The highest BCUT2D eigenvalue weighted by molar-refractivity contribution is 5.03. The fourth-order valence-corrected chi connectivity index (χ4v) is 4.27. The maximum atomic E-state index is 2.52. The van der Waals surface area contributed by atoms with Gasteiger partial charge in [0.15, 0.2) is 0 Å². The minimum atomic E-state index is 0.548. The summed E-state index contributed by atoms with van der Waals surface area (Å²) in [5.41, 5.74) is 1.26. The van der Waals surface area contributed by atoms with Gasteiger partial charge in [0, 0.05) is 0 Å². The van der Waals surface area contributed by atoms with Crippen molar-refractivity contribution in [1.82, 2.24) is 0 Å². The van der Waals surface area contributed by atoms with Crippen LogP contribution in [0.15, 0.2) is 0 Å². The molecule has 0 heteroatoms. The first kappa shape index (κ1) is 8.59. The predicted octanol–water partition coefficient (Wildman–Crippen LogP) is 3.86. The van der Waals surface area contributed by atoms with E-state index in [2.05, 4.69) is 27.7 Å². The summed E-state index contributed by atoms with van der Waals surface area (Å²) in [6.45, 7) is 9.81. The van der Waals surface area contributed by atoms with Crippen molar-refractivity contribution in [3.63, 3.8) is 0 Å². The molecule has 0 aliphatic heterocycles. The van der Waals surface area contributed by atoms with E-state index in [-0.39, 0.29) is 0 Å². The molecule has 2 aliphatic carbocycles. The van der Waals surface area contributed by atoms with Gasteiger partial charge in [-0.25, -0.2) is 0 Å². The number of hydrogen-bond acceptors (Lipinski definition) is 0. The zero-order valence-corrected chi connectivity index (χ0v) is 8.98. The van der Waals surface area contributed by atoms with Crippen molar-refractivity contribution in [1.29, 1.82) is 0 Å². The Bertz CT molecular complexity index is 177. The minimum absolute atomic E-state index is 0.548. The summed E-state index contributed by atoms with van der Waals surface area (Å²) in [6.07, 6.45) is 6.02. The molecule has 0 amide bonds. The van der Waals surface area contributed by atoms with Crippen molar-refractivity contribution in [3.8, 4) is 0 Å². The molecular formula is C12H22. The molecule has 0 saturated heterocycles. The van der Waals surface area contributed by atoms with E-state index in [0.717, 1.165) is 11.8 Å². The molecule has 0 aromatic carbocycles. The van der Waals surface area contributed by atoms with Gasteiger partial charge in [-0.05, 0) is 48.3 Å². The average molecular weight is 166 g/mol. The smallest absolute Gasteiger partial charge is 0.0283 e. The van der Waals surface area contributed by atoms with Crippen molar-refractivity contribution in [3.05, 3.63) is 0 Å². The Morgan fingerprint density at radius 2 is 1.58 bits per heavy atom. The second-order valence-electron chi connectivity index (χ2n) is 6.34. The molecule has 0 spiro atoms. The van der Waals surface area contributed by atoms with Gasteiger partial charge in [0.2, 0.25) is 0 Å². The van der Waals surface area contributed by atoms with Gasteiger partial charge in [0.05, 0.1) is 0 Å². The number of rotatable bonds is 0. The molecule has 2 rings (SSSR count). The fourth-order valence-electron chi connectivity index (χ4n) is 4.27. The quantitative estimate of drug-likeness (QED) is 0.512. The summed E-state index contributed by atoms with van der Waals surface area (Å²) in [5, 5.41) is 0. The topological polar surface area (TPSA) is 0 Å². The molecule has 2 saturated carbocycles. The van der Waals surface area contributed by atoms with E-state index in [1.54, 1.807) is 0 Å². The lowest BCUT2D eigenvalue weighted by atomic mass is 9.68. The fraction of sp³-hybridized carbons (Fsp3) is 1.00. The van der Waals surface area contributed by atoms with Crippen molar-refractivity contribution in [2.24, 2.45) is 22.7 Å². The van der Waals surface area contributed by atoms with Gasteiger partial charge in [-0.15, -0.1) is 0 Å². The zero-order valence-electron chi connectivity index (χ0n) is 8.98. The molecule has 0 N–H and O–H groups in total. The van der Waals surface area contributed by atoms with Crippen LogP contribution in [0.3, 0.4) is 0 Å². The summed E-state index contributed by atoms with van der Waals surface area (Å²) in [4.78, 5) is 0. The Hall–Kier alpha value is 0. The first-order valence-corrected chi connectivity index (χ1v) is 5.43. The van der Waals surface area contributed by atoms with E-state index in [4.69, 9.17) is 0 Å². The third kappa shape index (κ3) is 1.03. The SMILES string of the molecule is CC(C)(C)C1C2CCC1(C)CC2. The predicted molar refractivity (Wildman–Crippen MR) is 53.0 cm³/mol. The van der Waals surface area contributed by atoms with E-state index in [1.165, 1.54) is 25.7 Å². The van der Waals surface area contributed by atoms with E-state index in [0.29, 0.717) is 10.8 Å². The molecule has 0 radical (unpaired) electrons. The van der Waals surface area contributed by atoms with Crippen molar-refractivity contribution in [2.75, 3.05) is 0 Å². The summed E-state index contributed by atoms with van der Waals surface area (Å²) < 4.78 is 0. The number of hydrogen-bond donors (Lipinski definition) is 0. The van der Waals surface area contributed by atoms with Crippen LogP contribution in [-0.2, 0) is 0 Å². The highest BCUT2D eigenvalue weighted by Crippen LogP contribution is 2.63. The molecule has 2 aliphatic rings. The van der Waals surface area contributed by atoms with Crippen LogP contribution in [0.4, 0.5) is 0 Å². The Morgan fingerprint density at radius 3 is 1.75 bits per heavy atom. The van der Waals surface area contributed by atoms with Crippen LogP contribution in [0.2, 0.25) is 0 Å². The Labute approximate surface area is 76.7 Å². The molecule has 0 heterocycles.